The Morgan fingerprint density at radius 2 is 1.93 bits per heavy atom. The molecule has 172 valence electrons. The molecule has 0 N–H and O–H groups in total. The molecule has 0 saturated carbocycles. The first-order chi connectivity index (χ1) is 14.3. The van der Waals surface area contributed by atoms with Crippen LogP contribution in [0.4, 0.5) is 0 Å². The van der Waals surface area contributed by atoms with Crippen LogP contribution in [0.25, 0.3) is 0 Å². The van der Waals surface area contributed by atoms with Crippen molar-refractivity contribution in [1.29, 1.82) is 0 Å². The molecule has 2 heterocycles. The van der Waals surface area contributed by atoms with Gasteiger partial charge in [-0.05, 0) is 86.7 Å². The molecule has 3 rings (SSSR count). The fraction of sp³-hybridized carbons (Fsp3) is 0.893. The van der Waals surface area contributed by atoms with Gasteiger partial charge in [0.2, 0.25) is 0 Å². The van der Waals surface area contributed by atoms with Crippen molar-refractivity contribution < 1.29 is 4.79 Å². The van der Waals surface area contributed by atoms with E-state index in [0.29, 0.717) is 5.78 Å². The standard InChI is InChI=1S/C28H49NO/c1-6-8-12-22(25-15-14-23-13-10-9-11-20-29(23)25)16-19-28(5,7-2)24-17-18-27(3,4)21-26(24)30/h17,22-23,25H,6-16,18-21H2,1-5H3. The highest BCUT2D eigenvalue weighted by atomic mass is 16.1. The maximum Gasteiger partial charge on any atom is 0.159 e. The zero-order valence-corrected chi connectivity index (χ0v) is 20.8. The normalized spacial score (nSPS) is 30.3. The van der Waals surface area contributed by atoms with Gasteiger partial charge < -0.3 is 0 Å². The number of Topliss-reactive ketones (excluding diaryl/α,β-unsaturated/α-hetero) is 1. The average molecular weight is 416 g/mol. The topological polar surface area (TPSA) is 20.3 Å². The molecule has 0 bridgehead atoms. The Labute approximate surface area is 187 Å². The van der Waals surface area contributed by atoms with Crippen molar-refractivity contribution in [2.45, 2.75) is 137 Å². The van der Waals surface area contributed by atoms with Crippen LogP contribution in [-0.4, -0.2) is 29.3 Å². The minimum absolute atomic E-state index is 0.0643. The molecule has 0 spiro atoms. The Bertz CT molecular complexity index is 606. The van der Waals surface area contributed by atoms with Crippen molar-refractivity contribution in [2.75, 3.05) is 6.54 Å². The second-order valence-corrected chi connectivity index (χ2v) is 11.8. The van der Waals surface area contributed by atoms with Gasteiger partial charge in [0, 0.05) is 18.5 Å². The zero-order valence-electron chi connectivity index (χ0n) is 20.8. The van der Waals surface area contributed by atoms with Crippen LogP contribution in [0.1, 0.15) is 125 Å². The molecule has 1 aliphatic carbocycles. The molecule has 0 aromatic heterocycles. The minimum atomic E-state index is 0.0643. The van der Waals surface area contributed by atoms with Gasteiger partial charge in [0.05, 0.1) is 0 Å². The van der Waals surface area contributed by atoms with E-state index >= 15 is 0 Å². The van der Waals surface area contributed by atoms with Crippen molar-refractivity contribution >= 4 is 5.78 Å². The Hall–Kier alpha value is -0.630. The van der Waals surface area contributed by atoms with E-state index < -0.39 is 0 Å². The van der Waals surface area contributed by atoms with E-state index in [-0.39, 0.29) is 10.8 Å². The number of hydrogen-bond acceptors (Lipinski definition) is 2. The highest BCUT2D eigenvalue weighted by Crippen LogP contribution is 2.45. The summed E-state index contributed by atoms with van der Waals surface area (Å²) in [5.74, 6) is 1.24. The summed E-state index contributed by atoms with van der Waals surface area (Å²) in [6, 6.07) is 1.67. The van der Waals surface area contributed by atoms with Crippen LogP contribution in [0, 0.1) is 16.7 Å². The lowest BCUT2D eigenvalue weighted by Crippen LogP contribution is -2.41. The third-order valence-corrected chi connectivity index (χ3v) is 8.91. The molecule has 2 fully saturated rings. The number of fused-ring (bicyclic) bond motifs is 1. The summed E-state index contributed by atoms with van der Waals surface area (Å²) >= 11 is 0. The van der Waals surface area contributed by atoms with Crippen LogP contribution in [0.5, 0.6) is 0 Å². The number of nitrogens with zero attached hydrogens (tertiary/aromatic N) is 1. The van der Waals surface area contributed by atoms with Gasteiger partial charge in [-0.2, -0.15) is 0 Å². The predicted octanol–water partition coefficient (Wildman–Crippen LogP) is 7.71. The summed E-state index contributed by atoms with van der Waals surface area (Å²) in [5, 5.41) is 0. The quantitative estimate of drug-likeness (QED) is 0.384. The molecule has 0 aromatic carbocycles. The molecule has 2 nitrogen and oxygen atoms in total. The maximum atomic E-state index is 13.0. The monoisotopic (exact) mass is 415 g/mol. The summed E-state index contributed by atoms with van der Waals surface area (Å²) in [4.78, 5) is 16.0. The summed E-state index contributed by atoms with van der Waals surface area (Å²) in [5.41, 5.74) is 1.37. The van der Waals surface area contributed by atoms with Gasteiger partial charge in [0.15, 0.2) is 5.78 Å². The molecule has 0 radical (unpaired) electrons. The van der Waals surface area contributed by atoms with Crippen LogP contribution in [0.3, 0.4) is 0 Å². The number of rotatable bonds is 9. The van der Waals surface area contributed by atoms with Crippen molar-refractivity contribution in [3.05, 3.63) is 11.6 Å². The average Bonchev–Trinajstić information content (AvgIpc) is 2.95. The molecule has 30 heavy (non-hydrogen) atoms. The van der Waals surface area contributed by atoms with Gasteiger partial charge >= 0.3 is 0 Å². The van der Waals surface area contributed by atoms with Gasteiger partial charge in [-0.3, -0.25) is 9.69 Å². The zero-order chi connectivity index (χ0) is 21.8. The van der Waals surface area contributed by atoms with Crippen molar-refractivity contribution in [3.8, 4) is 0 Å². The summed E-state index contributed by atoms with van der Waals surface area (Å²) in [7, 11) is 0. The third-order valence-electron chi connectivity index (χ3n) is 8.91. The molecular weight excluding hydrogens is 366 g/mol. The molecule has 3 aliphatic rings. The van der Waals surface area contributed by atoms with Gasteiger partial charge in [-0.15, -0.1) is 0 Å². The molecule has 2 saturated heterocycles. The van der Waals surface area contributed by atoms with E-state index in [1.54, 1.807) is 0 Å². The van der Waals surface area contributed by atoms with Gasteiger partial charge in [0.25, 0.3) is 0 Å². The molecule has 2 aliphatic heterocycles. The first kappa shape index (κ1) is 24.0. The fourth-order valence-corrected chi connectivity index (χ4v) is 6.66. The van der Waals surface area contributed by atoms with Gasteiger partial charge in [-0.1, -0.05) is 66.4 Å². The Kier molecular flexibility index (Phi) is 8.27. The molecule has 0 aromatic rings. The highest BCUT2D eigenvalue weighted by molar-refractivity contribution is 5.97. The van der Waals surface area contributed by atoms with Crippen LogP contribution >= 0.6 is 0 Å². The molecule has 4 atom stereocenters. The molecule has 0 amide bonds. The smallest absolute Gasteiger partial charge is 0.159 e. The van der Waals surface area contributed by atoms with Gasteiger partial charge in [0.1, 0.15) is 0 Å². The van der Waals surface area contributed by atoms with Crippen LogP contribution in [0.15, 0.2) is 11.6 Å². The van der Waals surface area contributed by atoms with Crippen LogP contribution in [0.2, 0.25) is 0 Å². The van der Waals surface area contributed by atoms with E-state index in [1.807, 2.05) is 0 Å². The van der Waals surface area contributed by atoms with E-state index in [2.05, 4.69) is 45.6 Å². The van der Waals surface area contributed by atoms with E-state index in [4.69, 9.17) is 0 Å². The van der Waals surface area contributed by atoms with E-state index in [9.17, 15) is 4.79 Å². The predicted molar refractivity (Wildman–Crippen MR) is 129 cm³/mol. The Balaban J connectivity index is 1.71. The first-order valence-electron chi connectivity index (χ1n) is 13.3. The minimum Gasteiger partial charge on any atom is -0.297 e. The molecule has 4 unspecified atom stereocenters. The number of carbonyl (C=O) groups excluding carboxylic acids is 1. The van der Waals surface area contributed by atoms with E-state index in [0.717, 1.165) is 42.8 Å². The number of hydrogen-bond donors (Lipinski definition) is 0. The van der Waals surface area contributed by atoms with Crippen molar-refractivity contribution in [1.82, 2.24) is 4.90 Å². The largest absolute Gasteiger partial charge is 0.297 e. The SMILES string of the molecule is CCCCC(CCC(C)(CC)C1=CCC(C)(C)CC1=O)C1CCC2CCCCCN21. The second-order valence-electron chi connectivity index (χ2n) is 11.8. The Morgan fingerprint density at radius 3 is 2.63 bits per heavy atom. The second kappa shape index (κ2) is 10.3. The lowest BCUT2D eigenvalue weighted by Gasteiger charge is -2.39. The summed E-state index contributed by atoms with van der Waals surface area (Å²) < 4.78 is 0. The third kappa shape index (κ3) is 5.59. The van der Waals surface area contributed by atoms with Gasteiger partial charge in [-0.25, -0.2) is 0 Å². The fourth-order valence-electron chi connectivity index (χ4n) is 6.66. The lowest BCUT2D eigenvalue weighted by atomic mass is 9.66. The number of unbranched alkanes of at least 4 members (excludes halogenated alkanes) is 1. The summed E-state index contributed by atoms with van der Waals surface area (Å²) in [6.07, 6.45) is 20.3. The van der Waals surface area contributed by atoms with Crippen LogP contribution in [-0.2, 0) is 4.79 Å². The maximum absolute atomic E-state index is 13.0. The van der Waals surface area contributed by atoms with Crippen LogP contribution < -0.4 is 0 Å². The summed E-state index contributed by atoms with van der Waals surface area (Å²) in [6.45, 7) is 12.8. The number of allylic oxidation sites excluding steroid dienone is 2. The number of ketones is 1. The van der Waals surface area contributed by atoms with Crippen molar-refractivity contribution in [3.63, 3.8) is 0 Å². The number of carbonyl (C=O) groups is 1. The molecule has 2 heteroatoms. The Morgan fingerprint density at radius 1 is 1.13 bits per heavy atom. The van der Waals surface area contributed by atoms with Crippen molar-refractivity contribution in [2.24, 2.45) is 16.7 Å². The molecular formula is C28H49NO. The highest BCUT2D eigenvalue weighted by Gasteiger charge is 2.41. The lowest BCUT2D eigenvalue weighted by molar-refractivity contribution is -0.119. The van der Waals surface area contributed by atoms with E-state index in [1.165, 1.54) is 77.2 Å². The first-order valence-corrected chi connectivity index (χ1v) is 13.3.